The lowest BCUT2D eigenvalue weighted by Gasteiger charge is -2.15. The highest BCUT2D eigenvalue weighted by Gasteiger charge is 2.18. The van der Waals surface area contributed by atoms with Gasteiger partial charge in [-0.15, -0.1) is 0 Å². The Morgan fingerprint density at radius 1 is 1.03 bits per heavy atom. The van der Waals surface area contributed by atoms with Crippen molar-refractivity contribution in [3.05, 3.63) is 92.3 Å². The molecule has 2 aromatic heterocycles. The molecule has 0 aliphatic rings. The average molecular weight is 444 g/mol. The van der Waals surface area contributed by atoms with Gasteiger partial charge in [-0.1, -0.05) is 17.7 Å². The van der Waals surface area contributed by atoms with Gasteiger partial charge in [0.15, 0.2) is 5.65 Å². The fraction of sp³-hybridized carbons (Fsp3) is 0.200. The smallest absolute Gasteiger partial charge is 0.337 e. The van der Waals surface area contributed by atoms with E-state index in [2.05, 4.69) is 10.3 Å². The Balaban J connectivity index is 1.81. The number of aromatic nitrogens is 3. The van der Waals surface area contributed by atoms with Crippen molar-refractivity contribution in [1.29, 1.82) is 0 Å². The van der Waals surface area contributed by atoms with Crippen LogP contribution >= 0.6 is 0 Å². The predicted octanol–water partition coefficient (Wildman–Crippen LogP) is 3.12. The van der Waals surface area contributed by atoms with Crippen LogP contribution in [0.3, 0.4) is 0 Å². The molecule has 4 aromatic rings. The Bertz CT molecular complexity index is 1460. The Hall–Kier alpha value is -4.20. The number of hydrogen-bond acceptors (Lipinski definition) is 5. The molecule has 168 valence electrons. The summed E-state index contributed by atoms with van der Waals surface area (Å²) in [6, 6.07) is 14.0. The van der Waals surface area contributed by atoms with Gasteiger partial charge < -0.3 is 10.1 Å². The highest BCUT2D eigenvalue weighted by molar-refractivity contribution is 5.92. The second-order valence-electron chi connectivity index (χ2n) is 7.90. The molecule has 2 heterocycles. The minimum absolute atomic E-state index is 0.222. The first-order valence-electron chi connectivity index (χ1n) is 10.4. The van der Waals surface area contributed by atoms with Gasteiger partial charge >= 0.3 is 5.69 Å². The number of benzene rings is 2. The summed E-state index contributed by atoms with van der Waals surface area (Å²) in [5, 5.41) is 3.09. The molecule has 8 heteroatoms. The largest absolute Gasteiger partial charge is 0.497 e. The summed E-state index contributed by atoms with van der Waals surface area (Å²) in [6.07, 6.45) is 1.52. The summed E-state index contributed by atoms with van der Waals surface area (Å²) in [7, 11) is 1.55. The van der Waals surface area contributed by atoms with Crippen molar-refractivity contribution in [1.82, 2.24) is 14.1 Å². The molecule has 2 aromatic carbocycles. The lowest BCUT2D eigenvalue weighted by atomic mass is 10.1. The molecule has 0 fully saturated rings. The van der Waals surface area contributed by atoms with Crippen LogP contribution in [0.2, 0.25) is 0 Å². The number of ether oxygens (including phenoxy) is 1. The molecule has 0 aliphatic heterocycles. The minimum Gasteiger partial charge on any atom is -0.497 e. The number of hydrogen-bond donors (Lipinski definition) is 1. The first-order valence-corrected chi connectivity index (χ1v) is 10.4. The van der Waals surface area contributed by atoms with E-state index in [1.54, 1.807) is 43.5 Å². The molecule has 0 saturated heterocycles. The van der Waals surface area contributed by atoms with Crippen LogP contribution < -0.4 is 21.3 Å². The van der Waals surface area contributed by atoms with Crippen LogP contribution in [0.5, 0.6) is 5.75 Å². The van der Waals surface area contributed by atoms with Gasteiger partial charge in [-0.05, 0) is 68.3 Å². The van der Waals surface area contributed by atoms with Gasteiger partial charge in [0.1, 0.15) is 12.3 Å². The molecule has 33 heavy (non-hydrogen) atoms. The SMILES string of the molecule is COc1ccc(-n2c(=O)n(CC(=O)Nc3c(C)cc(C)cc3C)c(=O)c3cccnc32)cc1. The Morgan fingerprint density at radius 3 is 2.33 bits per heavy atom. The number of amides is 1. The Labute approximate surface area is 190 Å². The van der Waals surface area contributed by atoms with Gasteiger partial charge in [0.2, 0.25) is 5.91 Å². The van der Waals surface area contributed by atoms with Crippen molar-refractivity contribution >= 4 is 22.6 Å². The molecular weight excluding hydrogens is 420 g/mol. The third kappa shape index (κ3) is 4.15. The number of carbonyl (C=O) groups excluding carboxylic acids is 1. The summed E-state index contributed by atoms with van der Waals surface area (Å²) < 4.78 is 7.45. The normalized spacial score (nSPS) is 10.9. The molecule has 0 saturated carbocycles. The molecule has 1 N–H and O–H groups in total. The summed E-state index contributed by atoms with van der Waals surface area (Å²) in [6.45, 7) is 5.36. The van der Waals surface area contributed by atoms with E-state index in [1.165, 1.54) is 10.8 Å². The third-order valence-corrected chi connectivity index (χ3v) is 5.47. The summed E-state index contributed by atoms with van der Waals surface area (Å²) in [5.41, 5.74) is 3.09. The second kappa shape index (κ2) is 8.74. The van der Waals surface area contributed by atoms with Crippen LogP contribution in [0, 0.1) is 20.8 Å². The number of anilines is 1. The summed E-state index contributed by atoms with van der Waals surface area (Å²) in [4.78, 5) is 43.7. The summed E-state index contributed by atoms with van der Waals surface area (Å²) in [5.74, 6) is 0.161. The molecule has 0 atom stereocenters. The fourth-order valence-corrected chi connectivity index (χ4v) is 3.99. The Morgan fingerprint density at radius 2 is 1.70 bits per heavy atom. The predicted molar refractivity (Wildman–Crippen MR) is 127 cm³/mol. The van der Waals surface area contributed by atoms with Gasteiger partial charge in [-0.3, -0.25) is 9.59 Å². The maximum Gasteiger partial charge on any atom is 0.337 e. The van der Waals surface area contributed by atoms with Crippen LogP contribution in [-0.4, -0.2) is 27.1 Å². The fourth-order valence-electron chi connectivity index (χ4n) is 3.99. The van der Waals surface area contributed by atoms with Gasteiger partial charge in [-0.2, -0.15) is 0 Å². The van der Waals surface area contributed by atoms with E-state index in [0.29, 0.717) is 17.1 Å². The monoisotopic (exact) mass is 444 g/mol. The zero-order valence-electron chi connectivity index (χ0n) is 18.9. The third-order valence-electron chi connectivity index (χ3n) is 5.47. The van der Waals surface area contributed by atoms with Gasteiger partial charge in [0, 0.05) is 11.9 Å². The molecule has 8 nitrogen and oxygen atoms in total. The topological polar surface area (TPSA) is 95.2 Å². The number of fused-ring (bicyclic) bond motifs is 1. The lowest BCUT2D eigenvalue weighted by Crippen LogP contribution is -2.42. The van der Waals surface area contributed by atoms with E-state index in [1.807, 2.05) is 32.9 Å². The van der Waals surface area contributed by atoms with Crippen molar-refractivity contribution < 1.29 is 9.53 Å². The van der Waals surface area contributed by atoms with Gasteiger partial charge in [0.05, 0.1) is 18.2 Å². The molecule has 0 aliphatic carbocycles. The number of nitrogens with one attached hydrogen (secondary N) is 1. The first kappa shape index (κ1) is 22.0. The number of aryl methyl sites for hydroxylation is 3. The molecular formula is C25H24N4O4. The number of carbonyl (C=O) groups is 1. The average Bonchev–Trinajstić information content (AvgIpc) is 2.79. The highest BCUT2D eigenvalue weighted by Crippen LogP contribution is 2.22. The first-order chi connectivity index (χ1) is 15.8. The molecule has 1 amide bonds. The minimum atomic E-state index is -0.649. The van der Waals surface area contributed by atoms with E-state index >= 15 is 0 Å². The molecule has 0 radical (unpaired) electrons. The van der Waals surface area contributed by atoms with Crippen LogP contribution in [0.15, 0.2) is 64.3 Å². The molecule has 0 spiro atoms. The van der Waals surface area contributed by atoms with Gasteiger partial charge in [0.25, 0.3) is 5.56 Å². The molecule has 0 unspecified atom stereocenters. The van der Waals surface area contributed by atoms with Crippen LogP contribution in [-0.2, 0) is 11.3 Å². The van der Waals surface area contributed by atoms with E-state index in [9.17, 15) is 14.4 Å². The van der Waals surface area contributed by atoms with Crippen molar-refractivity contribution in [3.63, 3.8) is 0 Å². The van der Waals surface area contributed by atoms with Crippen LogP contribution in [0.1, 0.15) is 16.7 Å². The maximum atomic E-state index is 13.4. The van der Waals surface area contributed by atoms with Crippen molar-refractivity contribution in [3.8, 4) is 11.4 Å². The zero-order chi connectivity index (χ0) is 23.7. The van der Waals surface area contributed by atoms with E-state index < -0.39 is 23.7 Å². The molecule has 4 rings (SSSR count). The van der Waals surface area contributed by atoms with E-state index in [-0.39, 0.29) is 11.0 Å². The van der Waals surface area contributed by atoms with Crippen LogP contribution in [0.4, 0.5) is 5.69 Å². The number of nitrogens with zero attached hydrogens (tertiary/aromatic N) is 3. The number of methoxy groups -OCH3 is 1. The summed E-state index contributed by atoms with van der Waals surface area (Å²) >= 11 is 0. The van der Waals surface area contributed by atoms with Crippen molar-refractivity contribution in [2.24, 2.45) is 0 Å². The maximum absolute atomic E-state index is 13.4. The van der Waals surface area contributed by atoms with Crippen molar-refractivity contribution in [2.75, 3.05) is 12.4 Å². The molecule has 0 bridgehead atoms. The van der Waals surface area contributed by atoms with Crippen LogP contribution in [0.25, 0.3) is 16.7 Å². The second-order valence-corrected chi connectivity index (χ2v) is 7.90. The zero-order valence-corrected chi connectivity index (χ0v) is 18.9. The van der Waals surface area contributed by atoms with Gasteiger partial charge in [-0.25, -0.2) is 18.9 Å². The number of rotatable bonds is 5. The van der Waals surface area contributed by atoms with E-state index in [0.717, 1.165) is 21.3 Å². The van der Waals surface area contributed by atoms with Crippen molar-refractivity contribution in [2.45, 2.75) is 27.3 Å². The lowest BCUT2D eigenvalue weighted by molar-refractivity contribution is -0.116. The highest BCUT2D eigenvalue weighted by atomic mass is 16.5. The quantitative estimate of drug-likeness (QED) is 0.510. The number of pyridine rings is 1. The van der Waals surface area contributed by atoms with E-state index in [4.69, 9.17) is 4.74 Å². The standard InChI is InChI=1S/C25H24N4O4/c1-15-12-16(2)22(17(3)13-15)27-21(30)14-28-24(31)20-6-5-11-26-23(20)29(25(28)32)18-7-9-19(33-4)10-8-18/h5-13H,14H2,1-4H3,(H,27,30). The Kier molecular flexibility index (Phi) is 5.83.